The molecule has 1 aromatic heterocycles. The van der Waals surface area contributed by atoms with Crippen LogP contribution in [0.25, 0.3) is 5.69 Å². The zero-order chi connectivity index (χ0) is 24.3. The predicted octanol–water partition coefficient (Wildman–Crippen LogP) is 3.01. The van der Waals surface area contributed by atoms with Crippen LogP contribution in [0.4, 0.5) is 5.69 Å². The third-order valence-corrected chi connectivity index (χ3v) is 4.77. The first-order valence-electron chi connectivity index (χ1n) is 10.6. The van der Waals surface area contributed by atoms with Crippen molar-refractivity contribution in [1.29, 1.82) is 0 Å². The van der Waals surface area contributed by atoms with E-state index in [1.807, 2.05) is 0 Å². The Morgan fingerprint density at radius 2 is 1.91 bits per heavy atom. The molecule has 0 aliphatic carbocycles. The molecule has 178 valence electrons. The smallest absolute Gasteiger partial charge is 0.325 e. The second-order valence-electron chi connectivity index (χ2n) is 7.12. The molecule has 10 nitrogen and oxygen atoms in total. The van der Waals surface area contributed by atoms with Gasteiger partial charge in [0.05, 0.1) is 18.0 Å². The minimum Gasteiger partial charge on any atom is -0.494 e. The number of esters is 1. The lowest BCUT2D eigenvalue weighted by Crippen LogP contribution is -2.32. The van der Waals surface area contributed by atoms with E-state index in [1.54, 1.807) is 42.5 Å². The van der Waals surface area contributed by atoms with Gasteiger partial charge in [0.2, 0.25) is 0 Å². The summed E-state index contributed by atoms with van der Waals surface area (Å²) < 4.78 is 12.0. The number of amides is 2. The number of hydrogen-bond donors (Lipinski definition) is 2. The van der Waals surface area contributed by atoms with E-state index in [9.17, 15) is 14.4 Å². The van der Waals surface area contributed by atoms with Crippen molar-refractivity contribution in [1.82, 2.24) is 20.1 Å². The van der Waals surface area contributed by atoms with Crippen molar-refractivity contribution in [2.24, 2.45) is 0 Å². The van der Waals surface area contributed by atoms with Crippen LogP contribution in [0.1, 0.15) is 30.1 Å². The Kier molecular flexibility index (Phi) is 8.98. The maximum Gasteiger partial charge on any atom is 0.325 e. The number of benzene rings is 2. The molecule has 11 heteroatoms. The maximum absolute atomic E-state index is 12.3. The molecule has 0 fully saturated rings. The van der Waals surface area contributed by atoms with Crippen LogP contribution in [0.15, 0.2) is 55.1 Å². The minimum atomic E-state index is -0.759. The van der Waals surface area contributed by atoms with Gasteiger partial charge in [0.15, 0.2) is 6.61 Å². The highest BCUT2D eigenvalue weighted by molar-refractivity contribution is 6.31. The average molecular weight is 486 g/mol. The molecule has 0 radical (unpaired) electrons. The molecular weight excluding hydrogens is 462 g/mol. The highest BCUT2D eigenvalue weighted by atomic mass is 35.5. The Morgan fingerprint density at radius 1 is 1.12 bits per heavy atom. The number of anilines is 1. The standard InChI is InChI=1S/C23H24ClN5O5/c1-2-3-10-33-18-7-4-16(5-8-18)23(32)26-12-22(31)34-13-21(30)28-19-11-17(24)6-9-20(19)29-15-25-14-27-29/h4-9,11,14-15H,2-3,10,12-13H2,1H3,(H,26,32)(H,28,30). The largest absolute Gasteiger partial charge is 0.494 e. The number of halogens is 1. The lowest BCUT2D eigenvalue weighted by Gasteiger charge is -2.12. The molecule has 0 aliphatic heterocycles. The number of aromatic nitrogens is 3. The molecule has 0 spiro atoms. The summed E-state index contributed by atoms with van der Waals surface area (Å²) in [7, 11) is 0. The summed E-state index contributed by atoms with van der Waals surface area (Å²) in [5.41, 5.74) is 1.28. The van der Waals surface area contributed by atoms with Gasteiger partial charge in [0, 0.05) is 10.6 Å². The van der Waals surface area contributed by atoms with Gasteiger partial charge in [-0.1, -0.05) is 24.9 Å². The summed E-state index contributed by atoms with van der Waals surface area (Å²) in [5.74, 6) is -1.12. The van der Waals surface area contributed by atoms with Crippen LogP contribution >= 0.6 is 11.6 Å². The summed E-state index contributed by atoms with van der Waals surface area (Å²) in [6.45, 7) is 1.76. The van der Waals surface area contributed by atoms with Gasteiger partial charge in [-0.15, -0.1) is 0 Å². The number of hydrogen-bond acceptors (Lipinski definition) is 7. The van der Waals surface area contributed by atoms with Crippen LogP contribution in [0.3, 0.4) is 0 Å². The Balaban J connectivity index is 1.44. The van der Waals surface area contributed by atoms with Gasteiger partial charge < -0.3 is 20.1 Å². The third-order valence-electron chi connectivity index (χ3n) is 4.54. The van der Waals surface area contributed by atoms with Crippen LogP contribution in [-0.4, -0.2) is 52.3 Å². The molecule has 2 aromatic carbocycles. The number of rotatable bonds is 11. The Hall–Kier alpha value is -3.92. The van der Waals surface area contributed by atoms with Crippen LogP contribution in [0, 0.1) is 0 Å². The average Bonchev–Trinajstić information content (AvgIpc) is 3.36. The van der Waals surface area contributed by atoms with E-state index in [2.05, 4.69) is 27.6 Å². The monoisotopic (exact) mass is 485 g/mol. The maximum atomic E-state index is 12.3. The van der Waals surface area contributed by atoms with Crippen molar-refractivity contribution in [2.75, 3.05) is 25.1 Å². The first-order chi connectivity index (χ1) is 16.5. The predicted molar refractivity (Wildman–Crippen MR) is 125 cm³/mol. The molecule has 0 saturated carbocycles. The lowest BCUT2D eigenvalue weighted by molar-refractivity contribution is -0.146. The van der Waals surface area contributed by atoms with E-state index in [4.69, 9.17) is 21.1 Å². The fourth-order valence-electron chi connectivity index (χ4n) is 2.82. The van der Waals surface area contributed by atoms with Crippen molar-refractivity contribution >= 4 is 35.1 Å². The highest BCUT2D eigenvalue weighted by Crippen LogP contribution is 2.23. The van der Waals surface area contributed by atoms with Gasteiger partial charge in [-0.2, -0.15) is 5.10 Å². The van der Waals surface area contributed by atoms with E-state index in [1.165, 1.54) is 17.3 Å². The molecule has 2 amide bonds. The first-order valence-corrected chi connectivity index (χ1v) is 10.9. The van der Waals surface area contributed by atoms with E-state index in [-0.39, 0.29) is 6.54 Å². The van der Waals surface area contributed by atoms with Gasteiger partial charge in [-0.05, 0) is 48.9 Å². The Labute approximate surface area is 201 Å². The fraction of sp³-hybridized carbons (Fsp3) is 0.261. The van der Waals surface area contributed by atoms with Crippen LogP contribution in [-0.2, 0) is 14.3 Å². The van der Waals surface area contributed by atoms with Crippen molar-refractivity contribution in [3.05, 3.63) is 65.7 Å². The Bertz CT molecular complexity index is 1120. The van der Waals surface area contributed by atoms with Crippen LogP contribution in [0.2, 0.25) is 5.02 Å². The van der Waals surface area contributed by atoms with Crippen molar-refractivity contribution in [2.45, 2.75) is 19.8 Å². The number of carbonyl (C=O) groups excluding carboxylic acids is 3. The molecule has 0 atom stereocenters. The van der Waals surface area contributed by atoms with Crippen LogP contribution < -0.4 is 15.4 Å². The topological polar surface area (TPSA) is 124 Å². The number of carbonyl (C=O) groups is 3. The summed E-state index contributed by atoms with van der Waals surface area (Å²) in [6.07, 6.45) is 4.80. The molecule has 3 aromatic rings. The fourth-order valence-corrected chi connectivity index (χ4v) is 2.99. The van der Waals surface area contributed by atoms with Crippen molar-refractivity contribution in [3.8, 4) is 11.4 Å². The zero-order valence-corrected chi connectivity index (χ0v) is 19.2. The van der Waals surface area contributed by atoms with Gasteiger partial charge in [0.1, 0.15) is 24.9 Å². The van der Waals surface area contributed by atoms with Crippen molar-refractivity contribution in [3.63, 3.8) is 0 Å². The number of nitrogens with zero attached hydrogens (tertiary/aromatic N) is 3. The summed E-state index contributed by atoms with van der Waals surface area (Å²) >= 11 is 6.02. The molecular formula is C23H24ClN5O5. The molecule has 1 heterocycles. The van der Waals surface area contributed by atoms with Gasteiger partial charge >= 0.3 is 5.97 Å². The third kappa shape index (κ3) is 7.31. The summed E-state index contributed by atoms with van der Waals surface area (Å²) in [6, 6.07) is 11.4. The second-order valence-corrected chi connectivity index (χ2v) is 7.56. The number of ether oxygens (including phenoxy) is 2. The normalized spacial score (nSPS) is 10.4. The van der Waals surface area contributed by atoms with Gasteiger partial charge in [0.25, 0.3) is 11.8 Å². The molecule has 0 aliphatic rings. The van der Waals surface area contributed by atoms with Crippen LogP contribution in [0.5, 0.6) is 5.75 Å². The highest BCUT2D eigenvalue weighted by Gasteiger charge is 2.14. The molecule has 2 N–H and O–H groups in total. The minimum absolute atomic E-state index is 0.370. The Morgan fingerprint density at radius 3 is 2.62 bits per heavy atom. The van der Waals surface area contributed by atoms with Gasteiger partial charge in [-0.25, -0.2) is 9.67 Å². The lowest BCUT2D eigenvalue weighted by atomic mass is 10.2. The zero-order valence-electron chi connectivity index (χ0n) is 18.5. The molecule has 0 bridgehead atoms. The first kappa shape index (κ1) is 24.7. The summed E-state index contributed by atoms with van der Waals surface area (Å²) in [5, 5.41) is 9.50. The SMILES string of the molecule is CCCCOc1ccc(C(=O)NCC(=O)OCC(=O)Nc2cc(Cl)ccc2-n2cncn2)cc1. The summed E-state index contributed by atoms with van der Waals surface area (Å²) in [4.78, 5) is 40.3. The number of unbranched alkanes of at least 4 members (excludes halogenated alkanes) is 1. The van der Waals surface area contributed by atoms with Gasteiger partial charge in [-0.3, -0.25) is 14.4 Å². The molecule has 3 rings (SSSR count). The molecule has 0 unspecified atom stereocenters. The van der Waals surface area contributed by atoms with E-state index in [0.717, 1.165) is 12.8 Å². The van der Waals surface area contributed by atoms with E-state index < -0.39 is 24.4 Å². The quantitative estimate of drug-likeness (QED) is 0.316. The second kappa shape index (κ2) is 12.4. The number of nitrogens with one attached hydrogen (secondary N) is 2. The molecule has 34 heavy (non-hydrogen) atoms. The molecule has 0 saturated heterocycles. The van der Waals surface area contributed by atoms with E-state index in [0.29, 0.717) is 34.3 Å². The van der Waals surface area contributed by atoms with Crippen molar-refractivity contribution < 1.29 is 23.9 Å². The van der Waals surface area contributed by atoms with E-state index >= 15 is 0 Å².